The van der Waals surface area contributed by atoms with E-state index < -0.39 is 0 Å². The molecule has 0 atom stereocenters. The molecule has 6 heterocycles. The Kier molecular flexibility index (Phi) is 10.4. The van der Waals surface area contributed by atoms with Crippen LogP contribution in [-0.2, 0) is 13.1 Å². The van der Waals surface area contributed by atoms with Crippen LogP contribution in [-0.4, -0.2) is 51.4 Å². The van der Waals surface area contributed by atoms with Crippen molar-refractivity contribution < 1.29 is 17.6 Å². The Labute approximate surface area is 369 Å². The SMILES string of the molecule is FCCCn1c2ccccc2c2cc(-c3nnco3)ccc21.c1ccc(Cn2c3ccccc3c3cc(-c4nnco4)ccc32)cc1.c1ccc2c(c1)[nH]c1ccc(-c3nnco3)cc12. The summed E-state index contributed by atoms with van der Waals surface area (Å²) in [7, 11) is 0. The van der Waals surface area contributed by atoms with Gasteiger partial charge in [-0.3, -0.25) is 4.39 Å². The lowest BCUT2D eigenvalue weighted by Crippen LogP contribution is -1.98. The molecule has 0 radical (unpaired) electrons. The second-order valence-electron chi connectivity index (χ2n) is 15.4. The molecule has 316 valence electrons. The van der Waals surface area contributed by atoms with Crippen molar-refractivity contribution in [3.63, 3.8) is 0 Å². The second-order valence-corrected chi connectivity index (χ2v) is 15.4. The van der Waals surface area contributed by atoms with Crippen LogP contribution in [0.2, 0.25) is 0 Å². The van der Waals surface area contributed by atoms with Crippen LogP contribution in [0.5, 0.6) is 0 Å². The average molecular weight is 856 g/mol. The molecular formula is C52H38FN9O3. The van der Waals surface area contributed by atoms with Crippen LogP contribution in [0.1, 0.15) is 12.0 Å². The summed E-state index contributed by atoms with van der Waals surface area (Å²) < 4.78 is 33.0. The summed E-state index contributed by atoms with van der Waals surface area (Å²) in [6, 6.07) is 53.9. The number of nitrogens with one attached hydrogen (secondary N) is 1. The highest BCUT2D eigenvalue weighted by Gasteiger charge is 2.15. The van der Waals surface area contributed by atoms with Gasteiger partial charge >= 0.3 is 0 Å². The molecule has 0 saturated heterocycles. The molecule has 13 heteroatoms. The minimum atomic E-state index is -0.311. The Bertz CT molecular complexity index is 3690. The third kappa shape index (κ3) is 7.54. The van der Waals surface area contributed by atoms with E-state index in [2.05, 4.69) is 142 Å². The van der Waals surface area contributed by atoms with Gasteiger partial charge in [-0.2, -0.15) is 0 Å². The van der Waals surface area contributed by atoms with E-state index in [9.17, 15) is 4.39 Å². The van der Waals surface area contributed by atoms with Gasteiger partial charge < -0.3 is 27.4 Å². The average Bonchev–Trinajstić information content (AvgIpc) is 4.24. The fourth-order valence-electron chi connectivity index (χ4n) is 8.65. The maximum Gasteiger partial charge on any atom is 0.247 e. The highest BCUT2D eigenvalue weighted by molar-refractivity contribution is 6.10. The molecule has 0 unspecified atom stereocenters. The maximum absolute atomic E-state index is 12.6. The number of aryl methyl sites for hydroxylation is 1. The van der Waals surface area contributed by atoms with E-state index in [1.165, 1.54) is 57.3 Å². The number of H-pyrrole nitrogens is 1. The summed E-state index contributed by atoms with van der Waals surface area (Å²) in [5.74, 6) is 1.59. The molecular weight excluding hydrogens is 818 g/mol. The first-order valence-corrected chi connectivity index (χ1v) is 21.1. The molecule has 0 aliphatic heterocycles. The first-order chi connectivity index (χ1) is 32.2. The highest BCUT2D eigenvalue weighted by atomic mass is 19.1. The molecule has 13 aromatic rings. The molecule has 0 fully saturated rings. The first-order valence-electron chi connectivity index (χ1n) is 21.1. The van der Waals surface area contributed by atoms with Gasteiger partial charge in [-0.05, 0) is 84.8 Å². The molecule has 0 aliphatic rings. The van der Waals surface area contributed by atoms with Gasteiger partial charge in [0.25, 0.3) is 0 Å². The first kappa shape index (κ1) is 39.2. The Morgan fingerprint density at radius 2 is 0.892 bits per heavy atom. The Hall–Kier alpha value is -8.71. The number of para-hydroxylation sites is 3. The summed E-state index contributed by atoms with van der Waals surface area (Å²) in [4.78, 5) is 3.38. The van der Waals surface area contributed by atoms with Gasteiger partial charge in [0.1, 0.15) is 0 Å². The largest absolute Gasteiger partial charge is 0.423 e. The van der Waals surface area contributed by atoms with E-state index in [1.54, 1.807) is 0 Å². The lowest BCUT2D eigenvalue weighted by molar-refractivity contribution is 0.452. The van der Waals surface area contributed by atoms with E-state index in [0.717, 1.165) is 56.1 Å². The molecule has 65 heavy (non-hydrogen) atoms. The summed E-state index contributed by atoms with van der Waals surface area (Å²) in [6.07, 6.45) is 4.54. The number of rotatable bonds is 8. The van der Waals surface area contributed by atoms with Crippen LogP contribution in [0.25, 0.3) is 99.8 Å². The predicted molar refractivity (Wildman–Crippen MR) is 251 cm³/mol. The smallest absolute Gasteiger partial charge is 0.247 e. The molecule has 13 rings (SSSR count). The number of alkyl halides is 1. The molecule has 0 amide bonds. The summed E-state index contributed by atoms with van der Waals surface area (Å²) in [5, 5.41) is 30.2. The number of nitrogens with zero attached hydrogens (tertiary/aromatic N) is 8. The van der Waals surface area contributed by atoms with Crippen LogP contribution in [0.4, 0.5) is 4.39 Å². The minimum Gasteiger partial charge on any atom is -0.423 e. The topological polar surface area (TPSA) is 142 Å². The van der Waals surface area contributed by atoms with Crippen molar-refractivity contribution in [2.75, 3.05) is 6.67 Å². The van der Waals surface area contributed by atoms with Gasteiger partial charge in [0, 0.05) is 95.2 Å². The van der Waals surface area contributed by atoms with Crippen molar-refractivity contribution in [2.45, 2.75) is 19.5 Å². The van der Waals surface area contributed by atoms with Crippen molar-refractivity contribution in [2.24, 2.45) is 0 Å². The number of benzene rings is 7. The third-order valence-electron chi connectivity index (χ3n) is 11.6. The highest BCUT2D eigenvalue weighted by Crippen LogP contribution is 2.35. The van der Waals surface area contributed by atoms with Crippen LogP contribution in [0, 0.1) is 0 Å². The Morgan fingerprint density at radius 3 is 1.46 bits per heavy atom. The van der Waals surface area contributed by atoms with Crippen LogP contribution in [0.15, 0.2) is 190 Å². The molecule has 1 N–H and O–H groups in total. The monoisotopic (exact) mass is 855 g/mol. The maximum atomic E-state index is 12.6. The fourth-order valence-corrected chi connectivity index (χ4v) is 8.65. The molecule has 0 spiro atoms. The number of aromatic nitrogens is 9. The second kappa shape index (κ2) is 17.2. The number of hydrogen-bond donors (Lipinski definition) is 1. The number of halogens is 1. The van der Waals surface area contributed by atoms with Gasteiger partial charge in [0.2, 0.25) is 36.9 Å². The van der Waals surface area contributed by atoms with Gasteiger partial charge in [-0.25, -0.2) is 0 Å². The van der Waals surface area contributed by atoms with Gasteiger partial charge in [-0.15, -0.1) is 30.6 Å². The zero-order chi connectivity index (χ0) is 43.5. The van der Waals surface area contributed by atoms with E-state index in [0.29, 0.717) is 30.6 Å². The lowest BCUT2D eigenvalue weighted by Gasteiger charge is -2.08. The van der Waals surface area contributed by atoms with Gasteiger partial charge in [0.05, 0.1) is 6.67 Å². The predicted octanol–water partition coefficient (Wildman–Crippen LogP) is 12.5. The molecule has 0 aliphatic carbocycles. The van der Waals surface area contributed by atoms with Crippen molar-refractivity contribution in [3.8, 4) is 34.4 Å². The molecule has 0 saturated carbocycles. The number of fused-ring (bicyclic) bond motifs is 9. The normalized spacial score (nSPS) is 11.4. The standard InChI is InChI=1S/C21H15N3O.C17H14FN3O.C14H9N3O/c1-2-6-15(7-3-1)13-24-19-9-5-4-8-17(19)18-12-16(10-11-20(18)24)21-23-22-14-25-21;18-8-3-9-21-15-5-2-1-4-13(15)14-10-12(6-7-16(14)21)17-20-19-11-22-17;1-2-4-12-10(3-1)11-7-9(5-6-13(11)16-12)14-17-15-8-18-14/h1-12,14H,13H2;1-2,4-7,10-11H,3,8-9H2;1-8,16H. The van der Waals surface area contributed by atoms with E-state index in [4.69, 9.17) is 13.3 Å². The quantitative estimate of drug-likeness (QED) is 0.158. The molecule has 6 aromatic heterocycles. The van der Waals surface area contributed by atoms with Gasteiger partial charge in [-0.1, -0.05) is 84.9 Å². The van der Waals surface area contributed by atoms with E-state index in [1.807, 2.05) is 60.7 Å². The number of aromatic amines is 1. The van der Waals surface area contributed by atoms with E-state index >= 15 is 0 Å². The Morgan fingerprint density at radius 1 is 0.431 bits per heavy atom. The minimum absolute atomic E-state index is 0.311. The lowest BCUT2D eigenvalue weighted by atomic mass is 10.1. The zero-order valence-corrected chi connectivity index (χ0v) is 34.8. The van der Waals surface area contributed by atoms with Crippen LogP contribution >= 0.6 is 0 Å². The van der Waals surface area contributed by atoms with Crippen molar-refractivity contribution in [3.05, 3.63) is 182 Å². The van der Waals surface area contributed by atoms with Crippen LogP contribution in [0.3, 0.4) is 0 Å². The summed E-state index contributed by atoms with van der Waals surface area (Å²) in [6.45, 7) is 1.19. The third-order valence-corrected chi connectivity index (χ3v) is 11.6. The van der Waals surface area contributed by atoms with E-state index in [-0.39, 0.29) is 6.67 Å². The summed E-state index contributed by atoms with van der Waals surface area (Å²) >= 11 is 0. The summed E-state index contributed by atoms with van der Waals surface area (Å²) in [5.41, 5.74) is 10.9. The van der Waals surface area contributed by atoms with Crippen molar-refractivity contribution >= 4 is 65.4 Å². The van der Waals surface area contributed by atoms with Crippen molar-refractivity contribution in [1.29, 1.82) is 0 Å². The van der Waals surface area contributed by atoms with Gasteiger partial charge in [0.15, 0.2) is 0 Å². The Balaban J connectivity index is 0.000000110. The molecule has 7 aromatic carbocycles. The fraction of sp³-hybridized carbons (Fsp3) is 0.0769. The number of hydrogen-bond acceptors (Lipinski definition) is 9. The zero-order valence-electron chi connectivity index (χ0n) is 34.8. The molecule has 12 nitrogen and oxygen atoms in total. The van der Waals surface area contributed by atoms with Crippen molar-refractivity contribution in [1.82, 2.24) is 44.7 Å². The molecule has 0 bridgehead atoms. The van der Waals surface area contributed by atoms with Crippen LogP contribution < -0.4 is 0 Å².